The highest BCUT2D eigenvalue weighted by molar-refractivity contribution is 5.78. The minimum Gasteiger partial charge on any atom is -0.493 e. The van der Waals surface area contributed by atoms with Crippen LogP contribution in [0.2, 0.25) is 0 Å². The first-order valence-corrected chi connectivity index (χ1v) is 10.1. The van der Waals surface area contributed by atoms with E-state index in [1.54, 1.807) is 34.6 Å². The Morgan fingerprint density at radius 1 is 1.20 bits per heavy atom. The molecule has 1 aliphatic heterocycles. The third-order valence-corrected chi connectivity index (χ3v) is 5.30. The summed E-state index contributed by atoms with van der Waals surface area (Å²) in [5, 5.41) is 9.92. The van der Waals surface area contributed by atoms with Crippen molar-refractivity contribution in [2.24, 2.45) is 5.92 Å². The Bertz CT molecular complexity index is 796. The average Bonchev–Trinajstić information content (AvgIpc) is 2.63. The number of halogens is 2. The lowest BCUT2D eigenvalue weighted by atomic mass is 9.78. The van der Waals surface area contributed by atoms with Crippen LogP contribution in [0.4, 0.5) is 13.6 Å². The van der Waals surface area contributed by atoms with Gasteiger partial charge in [0.05, 0.1) is 13.0 Å². The van der Waals surface area contributed by atoms with Crippen molar-refractivity contribution < 1.29 is 33.0 Å². The molecule has 1 aliphatic rings. The summed E-state index contributed by atoms with van der Waals surface area (Å²) < 4.78 is 40.4. The Morgan fingerprint density at radius 2 is 1.77 bits per heavy atom. The van der Waals surface area contributed by atoms with Gasteiger partial charge in [0.15, 0.2) is 11.6 Å². The molecule has 8 heteroatoms. The predicted octanol–water partition coefficient (Wildman–Crippen LogP) is 4.91. The highest BCUT2D eigenvalue weighted by atomic mass is 19.1. The van der Waals surface area contributed by atoms with E-state index in [4.69, 9.17) is 9.47 Å². The maximum Gasteiger partial charge on any atom is 0.410 e. The number of hydrogen-bond acceptors (Lipinski definition) is 4. The van der Waals surface area contributed by atoms with Crippen LogP contribution in [0.1, 0.15) is 70.4 Å². The number of ether oxygens (including phenoxy) is 2. The van der Waals surface area contributed by atoms with Gasteiger partial charge in [0.2, 0.25) is 0 Å². The molecule has 1 N–H and O–H groups in total. The van der Waals surface area contributed by atoms with Crippen LogP contribution in [0.25, 0.3) is 0 Å². The van der Waals surface area contributed by atoms with E-state index in [0.29, 0.717) is 12.8 Å². The fraction of sp³-hybridized carbons (Fsp3) is 0.636. The van der Waals surface area contributed by atoms with Crippen molar-refractivity contribution in [3.8, 4) is 5.75 Å². The predicted molar refractivity (Wildman–Crippen MR) is 108 cm³/mol. The Hall–Kier alpha value is -2.38. The third kappa shape index (κ3) is 5.21. The van der Waals surface area contributed by atoms with Gasteiger partial charge in [-0.1, -0.05) is 13.8 Å². The lowest BCUT2D eigenvalue weighted by molar-refractivity contribution is -0.140. The number of carbonyl (C=O) groups is 2. The topological polar surface area (TPSA) is 76.1 Å². The molecule has 0 radical (unpaired) electrons. The molecule has 0 aliphatic carbocycles. The van der Waals surface area contributed by atoms with Crippen molar-refractivity contribution in [3.05, 3.63) is 28.8 Å². The summed E-state index contributed by atoms with van der Waals surface area (Å²) in [6.45, 7) is 9.28. The molecule has 1 atom stereocenters. The van der Waals surface area contributed by atoms with Crippen LogP contribution < -0.4 is 4.74 Å². The highest BCUT2D eigenvalue weighted by Gasteiger charge is 2.39. The zero-order chi connectivity index (χ0) is 22.8. The van der Waals surface area contributed by atoms with Gasteiger partial charge >= 0.3 is 12.1 Å². The van der Waals surface area contributed by atoms with Crippen LogP contribution in [-0.4, -0.2) is 47.9 Å². The Morgan fingerprint density at radius 3 is 2.20 bits per heavy atom. The lowest BCUT2D eigenvalue weighted by Gasteiger charge is -2.36. The van der Waals surface area contributed by atoms with Crippen LogP contribution in [0.3, 0.4) is 0 Å². The molecular formula is C22H31F2NO5. The van der Waals surface area contributed by atoms with Crippen molar-refractivity contribution in [2.45, 2.75) is 64.9 Å². The third-order valence-electron chi connectivity index (χ3n) is 5.30. The van der Waals surface area contributed by atoms with Crippen molar-refractivity contribution in [1.29, 1.82) is 0 Å². The second kappa shape index (κ2) is 9.18. The highest BCUT2D eigenvalue weighted by Crippen LogP contribution is 2.42. The summed E-state index contributed by atoms with van der Waals surface area (Å²) in [5.41, 5.74) is -0.784. The number of piperidine rings is 1. The van der Waals surface area contributed by atoms with E-state index in [-0.39, 0.29) is 35.9 Å². The number of carbonyl (C=O) groups excluding carboxylic acids is 1. The summed E-state index contributed by atoms with van der Waals surface area (Å²) in [6.07, 6.45) is 0.183. The zero-order valence-corrected chi connectivity index (χ0v) is 18.4. The molecule has 30 heavy (non-hydrogen) atoms. The van der Waals surface area contributed by atoms with E-state index in [1.165, 1.54) is 12.0 Å². The average molecular weight is 427 g/mol. The summed E-state index contributed by atoms with van der Waals surface area (Å²) in [7, 11) is 1.19. The van der Waals surface area contributed by atoms with E-state index in [9.17, 15) is 19.1 Å². The molecule has 168 valence electrons. The second-order valence-corrected chi connectivity index (χ2v) is 8.98. The van der Waals surface area contributed by atoms with Gasteiger partial charge in [0, 0.05) is 18.7 Å². The quantitative estimate of drug-likeness (QED) is 0.722. The summed E-state index contributed by atoms with van der Waals surface area (Å²) in [5.74, 6) is -5.24. The molecule has 1 heterocycles. The number of aliphatic carboxylic acids is 1. The number of likely N-dealkylation sites (tertiary alicyclic amines) is 1. The van der Waals surface area contributed by atoms with Gasteiger partial charge in [-0.05, 0) is 57.1 Å². The van der Waals surface area contributed by atoms with Gasteiger partial charge in [0.1, 0.15) is 11.4 Å². The first-order valence-electron chi connectivity index (χ1n) is 10.1. The normalized spacial score (nSPS) is 16.5. The number of methoxy groups -OCH3 is 1. The molecule has 1 aromatic rings. The van der Waals surface area contributed by atoms with E-state index < -0.39 is 41.1 Å². The molecule has 1 amide bonds. The fourth-order valence-electron chi connectivity index (χ4n) is 3.86. The second-order valence-electron chi connectivity index (χ2n) is 8.98. The number of rotatable bonds is 5. The Balaban J connectivity index is 2.35. The van der Waals surface area contributed by atoms with Crippen molar-refractivity contribution >= 4 is 12.1 Å². The molecule has 0 saturated carbocycles. The van der Waals surface area contributed by atoms with E-state index >= 15 is 4.39 Å². The van der Waals surface area contributed by atoms with Crippen molar-refractivity contribution in [1.82, 2.24) is 4.90 Å². The van der Waals surface area contributed by atoms with E-state index in [1.807, 2.05) is 0 Å². The van der Waals surface area contributed by atoms with Crippen LogP contribution in [0.5, 0.6) is 5.75 Å². The Labute approximate surface area is 176 Å². The van der Waals surface area contributed by atoms with E-state index in [0.717, 1.165) is 6.07 Å². The maximum absolute atomic E-state index is 15.3. The molecule has 1 saturated heterocycles. The smallest absolute Gasteiger partial charge is 0.410 e. The number of amides is 1. The van der Waals surface area contributed by atoms with Gasteiger partial charge in [-0.2, -0.15) is 0 Å². The SMILES string of the molecule is COc1c(F)cc(C(C)C)c(F)c1[C@@H](C(=O)O)C1CCN(C(=O)OC(C)(C)C)CC1. The number of hydrogen-bond donors (Lipinski definition) is 1. The van der Waals surface area contributed by atoms with Gasteiger partial charge < -0.3 is 19.5 Å². The number of carboxylic acids is 1. The van der Waals surface area contributed by atoms with Gasteiger partial charge in [0.25, 0.3) is 0 Å². The lowest BCUT2D eigenvalue weighted by Crippen LogP contribution is -2.43. The zero-order valence-electron chi connectivity index (χ0n) is 18.4. The van der Waals surface area contributed by atoms with Crippen molar-refractivity contribution in [3.63, 3.8) is 0 Å². The molecule has 6 nitrogen and oxygen atoms in total. The molecule has 1 aromatic carbocycles. The molecule has 0 unspecified atom stereocenters. The van der Waals surface area contributed by atoms with Crippen LogP contribution in [0.15, 0.2) is 6.07 Å². The van der Waals surface area contributed by atoms with Gasteiger partial charge in [-0.15, -0.1) is 0 Å². The summed E-state index contributed by atoms with van der Waals surface area (Å²) in [6, 6.07) is 1.06. The maximum atomic E-state index is 15.3. The molecule has 1 fully saturated rings. The van der Waals surface area contributed by atoms with E-state index in [2.05, 4.69) is 0 Å². The monoisotopic (exact) mass is 427 g/mol. The molecular weight excluding hydrogens is 396 g/mol. The standard InChI is InChI=1S/C22H31F2NO5/c1-12(2)14-11-15(23)19(29-6)17(18(14)24)16(20(26)27)13-7-9-25(10-8-13)21(28)30-22(3,4)5/h11-13,16H,7-10H2,1-6H3,(H,26,27)/t16-/m0/s1. The molecule has 0 spiro atoms. The summed E-state index contributed by atoms with van der Waals surface area (Å²) >= 11 is 0. The van der Waals surface area contributed by atoms with Crippen molar-refractivity contribution in [2.75, 3.05) is 20.2 Å². The largest absolute Gasteiger partial charge is 0.493 e. The molecule has 2 rings (SSSR count). The minimum atomic E-state index is -1.28. The number of nitrogens with zero attached hydrogens (tertiary/aromatic N) is 1. The fourth-order valence-corrected chi connectivity index (χ4v) is 3.86. The first kappa shape index (κ1) is 23.9. The first-order chi connectivity index (χ1) is 13.9. The van der Waals surface area contributed by atoms with Crippen LogP contribution in [-0.2, 0) is 9.53 Å². The minimum absolute atomic E-state index is 0.112. The summed E-state index contributed by atoms with van der Waals surface area (Å²) in [4.78, 5) is 25.9. The number of carboxylic acid groups (broad SMARTS) is 1. The molecule has 0 bridgehead atoms. The number of benzene rings is 1. The van der Waals surface area contributed by atoms with Gasteiger partial charge in [-0.3, -0.25) is 4.79 Å². The molecule has 0 aromatic heterocycles. The van der Waals surface area contributed by atoms with Gasteiger partial charge in [-0.25, -0.2) is 13.6 Å². The van der Waals surface area contributed by atoms with Crippen LogP contribution >= 0.6 is 0 Å². The Kier molecular flexibility index (Phi) is 7.31. The van der Waals surface area contributed by atoms with Crippen LogP contribution in [0, 0.1) is 17.6 Å².